The van der Waals surface area contributed by atoms with Gasteiger partial charge in [-0.1, -0.05) is 29.3 Å². The second-order valence-electron chi connectivity index (χ2n) is 5.64. The number of nitrogens with one attached hydrogen (secondary N) is 1. The number of benzene rings is 1. The number of carbonyl (C=O) groups is 2. The van der Waals surface area contributed by atoms with Gasteiger partial charge in [-0.05, 0) is 31.2 Å². The van der Waals surface area contributed by atoms with Gasteiger partial charge in [0.2, 0.25) is 5.91 Å². The number of nitrogens with two attached hydrogens (primary N) is 1. The first-order chi connectivity index (χ1) is 11.9. The fourth-order valence-corrected chi connectivity index (χ4v) is 2.69. The van der Waals surface area contributed by atoms with Gasteiger partial charge >= 0.3 is 0 Å². The van der Waals surface area contributed by atoms with Gasteiger partial charge in [-0.25, -0.2) is 0 Å². The van der Waals surface area contributed by atoms with E-state index in [1.165, 1.54) is 4.90 Å². The van der Waals surface area contributed by atoms with Gasteiger partial charge in [0, 0.05) is 7.05 Å². The summed E-state index contributed by atoms with van der Waals surface area (Å²) in [6.07, 6.45) is 1.60. The lowest BCUT2D eigenvalue weighted by atomic mass is 10.2. The summed E-state index contributed by atoms with van der Waals surface area (Å²) in [5, 5.41) is 5.16. The second kappa shape index (κ2) is 8.89. The van der Waals surface area contributed by atoms with Crippen LogP contribution in [0.15, 0.2) is 41.0 Å². The number of halogens is 2. The largest absolute Gasteiger partial charge is 0.463 e. The summed E-state index contributed by atoms with van der Waals surface area (Å²) in [4.78, 5) is 25.6. The molecule has 2 amide bonds. The zero-order valence-electron chi connectivity index (χ0n) is 14.0. The lowest BCUT2D eigenvalue weighted by molar-refractivity contribution is -0.684. The molecule has 0 fully saturated rings. The van der Waals surface area contributed by atoms with Gasteiger partial charge in [0.1, 0.15) is 6.04 Å². The average molecular weight is 385 g/mol. The Balaban J connectivity index is 1.83. The SMILES string of the molecule is C[C@@H]([NH2+]CC(=O)N(C)CC(=O)Nc1c(Cl)cccc1Cl)c1ccco1. The molecule has 25 heavy (non-hydrogen) atoms. The second-order valence-corrected chi connectivity index (χ2v) is 6.45. The van der Waals surface area contributed by atoms with Crippen LogP contribution in [0.1, 0.15) is 18.7 Å². The molecule has 2 aromatic rings. The van der Waals surface area contributed by atoms with Gasteiger partial charge < -0.3 is 20.0 Å². The monoisotopic (exact) mass is 384 g/mol. The third-order valence-electron chi connectivity index (χ3n) is 3.67. The third-order valence-corrected chi connectivity index (χ3v) is 4.30. The molecule has 1 aromatic carbocycles. The predicted octanol–water partition coefficient (Wildman–Crippen LogP) is 2.31. The van der Waals surface area contributed by atoms with Gasteiger partial charge in [0.05, 0.1) is 28.5 Å². The highest BCUT2D eigenvalue weighted by molar-refractivity contribution is 6.39. The minimum Gasteiger partial charge on any atom is -0.463 e. The maximum absolute atomic E-state index is 12.2. The van der Waals surface area contributed by atoms with E-state index < -0.39 is 0 Å². The van der Waals surface area contributed by atoms with Crippen molar-refractivity contribution in [3.05, 3.63) is 52.4 Å². The number of rotatable bonds is 7. The lowest BCUT2D eigenvalue weighted by Gasteiger charge is -2.17. The van der Waals surface area contributed by atoms with E-state index in [9.17, 15) is 9.59 Å². The van der Waals surface area contributed by atoms with E-state index in [2.05, 4.69) is 5.32 Å². The summed E-state index contributed by atoms with van der Waals surface area (Å²) >= 11 is 12.0. The molecule has 134 valence electrons. The fraction of sp³-hybridized carbons (Fsp3) is 0.294. The fourth-order valence-electron chi connectivity index (χ4n) is 2.20. The summed E-state index contributed by atoms with van der Waals surface area (Å²) in [7, 11) is 1.57. The molecule has 3 N–H and O–H groups in total. The van der Waals surface area contributed by atoms with Crippen LogP contribution in [0.3, 0.4) is 0 Å². The van der Waals surface area contributed by atoms with Crippen molar-refractivity contribution in [2.45, 2.75) is 13.0 Å². The number of nitrogens with zero attached hydrogens (tertiary/aromatic N) is 1. The zero-order valence-corrected chi connectivity index (χ0v) is 15.5. The molecule has 0 saturated carbocycles. The average Bonchev–Trinajstić information content (AvgIpc) is 3.10. The topological polar surface area (TPSA) is 79.2 Å². The van der Waals surface area contributed by atoms with Crippen molar-refractivity contribution < 1.29 is 19.3 Å². The summed E-state index contributed by atoms with van der Waals surface area (Å²) < 4.78 is 5.30. The Bertz CT molecular complexity index is 714. The van der Waals surface area contributed by atoms with E-state index in [-0.39, 0.29) is 30.9 Å². The molecular weight excluding hydrogens is 365 g/mol. The number of hydrogen-bond acceptors (Lipinski definition) is 3. The molecule has 0 aliphatic carbocycles. The van der Waals surface area contributed by atoms with Gasteiger partial charge in [0.15, 0.2) is 12.3 Å². The Morgan fingerprint density at radius 1 is 1.24 bits per heavy atom. The van der Waals surface area contributed by atoms with E-state index in [1.807, 2.05) is 18.3 Å². The molecule has 0 unspecified atom stereocenters. The molecule has 1 heterocycles. The van der Waals surface area contributed by atoms with Crippen LogP contribution in [-0.4, -0.2) is 36.9 Å². The number of quaternary nitrogens is 1. The number of furan rings is 1. The highest BCUT2D eigenvalue weighted by Crippen LogP contribution is 2.29. The van der Waals surface area contributed by atoms with E-state index in [0.29, 0.717) is 15.7 Å². The Labute approximate surface area is 156 Å². The van der Waals surface area contributed by atoms with Crippen LogP contribution in [0.2, 0.25) is 10.0 Å². The van der Waals surface area contributed by atoms with Crippen molar-refractivity contribution in [3.63, 3.8) is 0 Å². The van der Waals surface area contributed by atoms with Crippen molar-refractivity contribution in [1.82, 2.24) is 4.90 Å². The number of carbonyl (C=O) groups excluding carboxylic acids is 2. The van der Waals surface area contributed by atoms with Gasteiger partial charge in [-0.15, -0.1) is 0 Å². The maximum Gasteiger partial charge on any atom is 0.277 e. The quantitative estimate of drug-likeness (QED) is 0.768. The smallest absolute Gasteiger partial charge is 0.277 e. The molecular formula is C17H20Cl2N3O3+. The van der Waals surface area contributed by atoms with Gasteiger partial charge in [-0.2, -0.15) is 0 Å². The Morgan fingerprint density at radius 3 is 2.52 bits per heavy atom. The van der Waals surface area contributed by atoms with Crippen molar-refractivity contribution in [2.24, 2.45) is 0 Å². The summed E-state index contributed by atoms with van der Waals surface area (Å²) in [5.74, 6) is 0.255. The zero-order chi connectivity index (χ0) is 18.4. The molecule has 0 aliphatic heterocycles. The maximum atomic E-state index is 12.2. The highest BCUT2D eigenvalue weighted by atomic mass is 35.5. The first-order valence-corrected chi connectivity index (χ1v) is 8.48. The van der Waals surface area contributed by atoms with Crippen molar-refractivity contribution >= 4 is 40.7 Å². The first-order valence-electron chi connectivity index (χ1n) is 7.73. The number of para-hydroxylation sites is 1. The van der Waals surface area contributed by atoms with Crippen LogP contribution in [0, 0.1) is 0 Å². The molecule has 6 nitrogen and oxygen atoms in total. The van der Waals surface area contributed by atoms with Gasteiger partial charge in [-0.3, -0.25) is 9.59 Å². The van der Waals surface area contributed by atoms with Crippen molar-refractivity contribution in [1.29, 1.82) is 0 Å². The molecule has 8 heteroatoms. The molecule has 2 rings (SSSR count). The molecule has 0 saturated heterocycles. The minimum absolute atomic E-state index is 0.0168. The molecule has 1 atom stereocenters. The van der Waals surface area contributed by atoms with Crippen LogP contribution >= 0.6 is 23.2 Å². The van der Waals surface area contributed by atoms with Crippen LogP contribution < -0.4 is 10.6 Å². The molecule has 0 radical (unpaired) electrons. The van der Waals surface area contributed by atoms with Crippen LogP contribution in [-0.2, 0) is 9.59 Å². The lowest BCUT2D eigenvalue weighted by Crippen LogP contribution is -2.87. The summed E-state index contributed by atoms with van der Waals surface area (Å²) in [6.45, 7) is 2.06. The highest BCUT2D eigenvalue weighted by Gasteiger charge is 2.19. The number of hydrogen-bond donors (Lipinski definition) is 2. The number of likely N-dealkylation sites (N-methyl/N-ethyl adjacent to an activating group) is 1. The Kier molecular flexibility index (Phi) is 6.87. The van der Waals surface area contributed by atoms with E-state index >= 15 is 0 Å². The first kappa shape index (κ1) is 19.3. The molecule has 0 aliphatic rings. The van der Waals surface area contributed by atoms with E-state index in [0.717, 1.165) is 5.76 Å². The molecule has 0 bridgehead atoms. The number of amides is 2. The summed E-state index contributed by atoms with van der Waals surface area (Å²) in [6, 6.07) is 8.62. The molecule has 0 spiro atoms. The number of anilines is 1. The summed E-state index contributed by atoms with van der Waals surface area (Å²) in [5.41, 5.74) is 0.342. The van der Waals surface area contributed by atoms with Crippen molar-refractivity contribution in [2.75, 3.05) is 25.5 Å². The van der Waals surface area contributed by atoms with Crippen molar-refractivity contribution in [3.8, 4) is 0 Å². The minimum atomic E-state index is -0.370. The molecule has 1 aromatic heterocycles. The standard InChI is InChI=1S/C17H19Cl2N3O3/c1-11(14-7-4-8-25-14)20-9-16(24)22(2)10-15(23)21-17-12(18)5-3-6-13(17)19/h3-8,11,20H,9-10H2,1-2H3,(H,21,23)/p+1/t11-/m1/s1. The van der Waals surface area contributed by atoms with Crippen LogP contribution in [0.25, 0.3) is 0 Å². The Morgan fingerprint density at radius 2 is 1.92 bits per heavy atom. The third kappa shape index (κ3) is 5.49. The van der Waals surface area contributed by atoms with E-state index in [1.54, 1.807) is 37.6 Å². The van der Waals surface area contributed by atoms with Gasteiger partial charge in [0.25, 0.3) is 5.91 Å². The Hall–Kier alpha value is -2.02. The predicted molar refractivity (Wildman–Crippen MR) is 96.6 cm³/mol. The van der Waals surface area contributed by atoms with Crippen LogP contribution in [0.4, 0.5) is 5.69 Å². The van der Waals surface area contributed by atoms with E-state index in [4.69, 9.17) is 27.6 Å². The normalized spacial score (nSPS) is 11.8. The van der Waals surface area contributed by atoms with Crippen LogP contribution in [0.5, 0.6) is 0 Å².